The maximum absolute atomic E-state index is 12.7. The van der Waals surface area contributed by atoms with Gasteiger partial charge in [-0.25, -0.2) is 4.39 Å². The summed E-state index contributed by atoms with van der Waals surface area (Å²) in [5.41, 5.74) is 0.172. The first-order chi connectivity index (χ1) is 6.20. The Bertz CT molecular complexity index is 415. The minimum Gasteiger partial charge on any atom is -0.504 e. The van der Waals surface area contributed by atoms with Crippen molar-refractivity contribution in [2.75, 3.05) is 0 Å². The molecule has 0 saturated carbocycles. The third-order valence-electron chi connectivity index (χ3n) is 1.60. The Balaban J connectivity index is 3.34. The van der Waals surface area contributed by atoms with Crippen molar-refractivity contribution in [3.05, 3.63) is 29.1 Å². The predicted molar refractivity (Wildman–Crippen MR) is 42.1 cm³/mol. The van der Waals surface area contributed by atoms with Gasteiger partial charge in [0, 0.05) is 0 Å². The molecular formula is C9H5FN2O. The Labute approximate surface area is 74.3 Å². The van der Waals surface area contributed by atoms with E-state index in [1.54, 1.807) is 6.07 Å². The number of aromatic hydroxyl groups is 1. The molecule has 64 valence electrons. The molecule has 0 amide bonds. The fourth-order valence-electron chi connectivity index (χ4n) is 0.965. The second-order valence-corrected chi connectivity index (χ2v) is 2.38. The van der Waals surface area contributed by atoms with Gasteiger partial charge in [-0.2, -0.15) is 10.5 Å². The van der Waals surface area contributed by atoms with Crippen LogP contribution >= 0.6 is 0 Å². The first-order valence-corrected chi connectivity index (χ1v) is 3.48. The van der Waals surface area contributed by atoms with Crippen LogP contribution in [0.2, 0.25) is 0 Å². The van der Waals surface area contributed by atoms with Gasteiger partial charge in [0.15, 0.2) is 11.6 Å². The Morgan fingerprint density at radius 2 is 2.08 bits per heavy atom. The molecule has 3 nitrogen and oxygen atoms in total. The smallest absolute Gasteiger partial charge is 0.169 e. The van der Waals surface area contributed by atoms with E-state index in [9.17, 15) is 4.39 Å². The van der Waals surface area contributed by atoms with Gasteiger partial charge in [0.2, 0.25) is 0 Å². The molecule has 0 heterocycles. The van der Waals surface area contributed by atoms with E-state index in [1.165, 1.54) is 6.07 Å². The standard InChI is InChI=1S/C9H5FN2O/c10-8-2-1-6(3-4-11)7(5-12)9(8)13/h1-2,13H,3H2. The van der Waals surface area contributed by atoms with Crippen LogP contribution in [0.4, 0.5) is 4.39 Å². The van der Waals surface area contributed by atoms with Crippen molar-refractivity contribution in [1.29, 1.82) is 10.5 Å². The number of nitriles is 2. The van der Waals surface area contributed by atoms with Gasteiger partial charge in [-0.05, 0) is 11.6 Å². The quantitative estimate of drug-likeness (QED) is 0.704. The summed E-state index contributed by atoms with van der Waals surface area (Å²) < 4.78 is 12.7. The maximum Gasteiger partial charge on any atom is 0.169 e. The average Bonchev–Trinajstić information content (AvgIpc) is 2.12. The lowest BCUT2D eigenvalue weighted by Gasteiger charge is -2.01. The summed E-state index contributed by atoms with van der Waals surface area (Å²) in [6.07, 6.45) is -0.0171. The molecule has 1 N–H and O–H groups in total. The molecule has 0 aliphatic rings. The van der Waals surface area contributed by atoms with Crippen LogP contribution in [-0.4, -0.2) is 5.11 Å². The molecule has 0 atom stereocenters. The van der Waals surface area contributed by atoms with Crippen molar-refractivity contribution in [2.24, 2.45) is 0 Å². The molecule has 13 heavy (non-hydrogen) atoms. The van der Waals surface area contributed by atoms with E-state index < -0.39 is 11.6 Å². The van der Waals surface area contributed by atoms with E-state index in [4.69, 9.17) is 15.6 Å². The van der Waals surface area contributed by atoms with Crippen LogP contribution in [0.15, 0.2) is 12.1 Å². The minimum absolute atomic E-state index is 0.0171. The third-order valence-corrected chi connectivity index (χ3v) is 1.60. The van der Waals surface area contributed by atoms with E-state index in [0.29, 0.717) is 5.56 Å². The zero-order valence-corrected chi connectivity index (χ0v) is 6.58. The molecular weight excluding hydrogens is 171 g/mol. The fraction of sp³-hybridized carbons (Fsp3) is 0.111. The van der Waals surface area contributed by atoms with Gasteiger partial charge in [0.1, 0.15) is 11.6 Å². The minimum atomic E-state index is -0.849. The summed E-state index contributed by atoms with van der Waals surface area (Å²) in [4.78, 5) is 0. The van der Waals surface area contributed by atoms with Gasteiger partial charge in [-0.3, -0.25) is 0 Å². The van der Waals surface area contributed by atoms with E-state index in [2.05, 4.69) is 0 Å². The van der Waals surface area contributed by atoms with E-state index in [-0.39, 0.29) is 12.0 Å². The van der Waals surface area contributed by atoms with Gasteiger partial charge < -0.3 is 5.11 Å². The lowest BCUT2D eigenvalue weighted by atomic mass is 10.0. The second-order valence-electron chi connectivity index (χ2n) is 2.38. The molecule has 1 aromatic rings. The van der Waals surface area contributed by atoms with Crippen molar-refractivity contribution in [3.8, 4) is 17.9 Å². The summed E-state index contributed by atoms with van der Waals surface area (Å²) >= 11 is 0. The molecule has 0 spiro atoms. The van der Waals surface area contributed by atoms with Gasteiger partial charge >= 0.3 is 0 Å². The highest BCUT2D eigenvalue weighted by Gasteiger charge is 2.11. The number of hydrogen-bond donors (Lipinski definition) is 1. The van der Waals surface area contributed by atoms with Gasteiger partial charge in [-0.1, -0.05) is 6.07 Å². The molecule has 1 rings (SSSR count). The molecule has 0 unspecified atom stereocenters. The second kappa shape index (κ2) is 3.55. The zero-order valence-electron chi connectivity index (χ0n) is 6.58. The molecule has 0 fully saturated rings. The number of halogens is 1. The summed E-state index contributed by atoms with van der Waals surface area (Å²) in [7, 11) is 0. The highest BCUT2D eigenvalue weighted by Crippen LogP contribution is 2.23. The Morgan fingerprint density at radius 1 is 1.38 bits per heavy atom. The topological polar surface area (TPSA) is 67.8 Å². The van der Waals surface area contributed by atoms with Gasteiger partial charge in [0.05, 0.1) is 12.5 Å². The van der Waals surface area contributed by atoms with Crippen LogP contribution < -0.4 is 0 Å². The average molecular weight is 176 g/mol. The molecule has 1 aromatic carbocycles. The zero-order chi connectivity index (χ0) is 9.84. The molecule has 0 bridgehead atoms. The summed E-state index contributed by atoms with van der Waals surface area (Å²) in [5, 5.41) is 26.0. The molecule has 0 aliphatic carbocycles. The third kappa shape index (κ3) is 1.57. The number of phenols is 1. The Hall–Kier alpha value is -2.07. The number of benzene rings is 1. The molecule has 0 saturated heterocycles. The van der Waals surface area contributed by atoms with E-state index in [0.717, 1.165) is 6.07 Å². The summed E-state index contributed by atoms with van der Waals surface area (Å²) in [6, 6.07) is 5.82. The lowest BCUT2D eigenvalue weighted by molar-refractivity contribution is 0.430. The van der Waals surface area contributed by atoms with E-state index >= 15 is 0 Å². The van der Waals surface area contributed by atoms with Crippen LogP contribution in [0.1, 0.15) is 11.1 Å². The van der Waals surface area contributed by atoms with Crippen molar-refractivity contribution >= 4 is 0 Å². The van der Waals surface area contributed by atoms with Crippen LogP contribution in [-0.2, 0) is 6.42 Å². The van der Waals surface area contributed by atoms with E-state index in [1.807, 2.05) is 6.07 Å². The van der Waals surface area contributed by atoms with Crippen molar-refractivity contribution < 1.29 is 9.50 Å². The first-order valence-electron chi connectivity index (χ1n) is 3.48. The first kappa shape index (κ1) is 9.02. The van der Waals surface area contributed by atoms with Crippen molar-refractivity contribution in [2.45, 2.75) is 6.42 Å². The SMILES string of the molecule is N#CCc1ccc(F)c(O)c1C#N. The lowest BCUT2D eigenvalue weighted by Crippen LogP contribution is -1.91. The number of hydrogen-bond acceptors (Lipinski definition) is 3. The number of phenolic OH excluding ortho intramolecular Hbond substituents is 1. The van der Waals surface area contributed by atoms with Crippen LogP contribution in [0, 0.1) is 28.5 Å². The maximum atomic E-state index is 12.7. The number of nitrogens with zero attached hydrogens (tertiary/aromatic N) is 2. The Kier molecular flexibility index (Phi) is 2.47. The van der Waals surface area contributed by atoms with Gasteiger partial charge in [0.25, 0.3) is 0 Å². The van der Waals surface area contributed by atoms with Crippen molar-refractivity contribution in [3.63, 3.8) is 0 Å². The van der Waals surface area contributed by atoms with Gasteiger partial charge in [-0.15, -0.1) is 0 Å². The van der Waals surface area contributed by atoms with Crippen LogP contribution in [0.3, 0.4) is 0 Å². The summed E-state index contributed by atoms with van der Waals surface area (Å²) in [6.45, 7) is 0. The molecule has 0 aliphatic heterocycles. The molecule has 4 heteroatoms. The number of rotatable bonds is 1. The van der Waals surface area contributed by atoms with Crippen LogP contribution in [0.25, 0.3) is 0 Å². The molecule has 0 aromatic heterocycles. The molecule has 0 radical (unpaired) electrons. The normalized spacial score (nSPS) is 8.85. The summed E-state index contributed by atoms with van der Waals surface area (Å²) in [5.74, 6) is -1.53. The Morgan fingerprint density at radius 3 is 2.62 bits per heavy atom. The monoisotopic (exact) mass is 176 g/mol. The predicted octanol–water partition coefficient (Wildman–Crippen LogP) is 1.47. The largest absolute Gasteiger partial charge is 0.504 e. The highest BCUT2D eigenvalue weighted by atomic mass is 19.1. The highest BCUT2D eigenvalue weighted by molar-refractivity contribution is 5.49. The fourth-order valence-corrected chi connectivity index (χ4v) is 0.965. The van der Waals surface area contributed by atoms with Crippen molar-refractivity contribution in [1.82, 2.24) is 0 Å². The van der Waals surface area contributed by atoms with Crippen LogP contribution in [0.5, 0.6) is 5.75 Å².